The summed E-state index contributed by atoms with van der Waals surface area (Å²) in [5.41, 5.74) is 0.788. The summed E-state index contributed by atoms with van der Waals surface area (Å²) in [5, 5.41) is 9.81. The highest BCUT2D eigenvalue weighted by atomic mass is 32.1. The Morgan fingerprint density at radius 1 is 1.43 bits per heavy atom. The van der Waals surface area contributed by atoms with E-state index in [1.807, 2.05) is 6.92 Å². The maximum Gasteiger partial charge on any atom is 0.323 e. The molecule has 0 atom stereocenters. The number of nitrogens with zero attached hydrogens (tertiary/aromatic N) is 1. The molecule has 0 radical (unpaired) electrons. The van der Waals surface area contributed by atoms with Crippen LogP contribution in [0.4, 0.5) is 4.39 Å². The molecular formula is C15H14FNO3S. The van der Waals surface area contributed by atoms with Crippen molar-refractivity contribution in [2.24, 2.45) is 0 Å². The molecule has 1 aliphatic carbocycles. The average Bonchev–Trinajstić information content (AvgIpc) is 3.20. The molecular weight excluding hydrogens is 293 g/mol. The number of carboxylic acid groups (broad SMARTS) is 1. The zero-order valence-corrected chi connectivity index (χ0v) is 12.2. The molecule has 3 rings (SSSR count). The van der Waals surface area contributed by atoms with Gasteiger partial charge in [0.1, 0.15) is 12.4 Å². The number of aliphatic carboxylic acids is 1. The monoisotopic (exact) mass is 307 g/mol. The van der Waals surface area contributed by atoms with Gasteiger partial charge in [-0.25, -0.2) is 4.39 Å². The predicted octanol–water partition coefficient (Wildman–Crippen LogP) is 3.04. The molecule has 1 aromatic heterocycles. The van der Waals surface area contributed by atoms with Crippen LogP contribution in [0.15, 0.2) is 18.2 Å². The first-order valence-corrected chi connectivity index (χ1v) is 7.50. The van der Waals surface area contributed by atoms with Crippen LogP contribution in [0.5, 0.6) is 0 Å². The smallest absolute Gasteiger partial charge is 0.323 e. The number of carbonyl (C=O) groups excluding carboxylic acids is 1. The summed E-state index contributed by atoms with van der Waals surface area (Å²) in [6, 6.07) is 4.45. The van der Waals surface area contributed by atoms with Gasteiger partial charge in [0.2, 0.25) is 0 Å². The third-order valence-corrected chi connectivity index (χ3v) is 4.89. The molecule has 0 unspecified atom stereocenters. The number of fused-ring (bicyclic) bond motifs is 1. The standard InChI is InChI=1S/C15H14FNO3S/c1-8-11-5-2-9(16)6-12(11)21-14(8)15(20)17(7-13(18)19)10-3-4-10/h2,5-6,10H,3-4,7H2,1H3,(H,18,19). The molecule has 4 nitrogen and oxygen atoms in total. The molecule has 1 aliphatic rings. The number of carboxylic acids is 1. The first-order valence-electron chi connectivity index (χ1n) is 6.69. The van der Waals surface area contributed by atoms with Crippen molar-refractivity contribution >= 4 is 33.3 Å². The normalized spacial score (nSPS) is 14.4. The Labute approximate surface area is 124 Å². The van der Waals surface area contributed by atoms with Gasteiger partial charge in [-0.15, -0.1) is 11.3 Å². The lowest BCUT2D eigenvalue weighted by Crippen LogP contribution is -2.37. The van der Waals surface area contributed by atoms with Crippen LogP contribution in [-0.4, -0.2) is 34.5 Å². The van der Waals surface area contributed by atoms with E-state index in [9.17, 15) is 14.0 Å². The van der Waals surface area contributed by atoms with E-state index in [0.29, 0.717) is 9.58 Å². The van der Waals surface area contributed by atoms with E-state index in [0.717, 1.165) is 23.8 Å². The van der Waals surface area contributed by atoms with E-state index >= 15 is 0 Å². The van der Waals surface area contributed by atoms with Gasteiger partial charge in [0.25, 0.3) is 5.91 Å². The Morgan fingerprint density at radius 3 is 2.76 bits per heavy atom. The number of rotatable bonds is 4. The van der Waals surface area contributed by atoms with E-state index in [1.165, 1.54) is 28.4 Å². The lowest BCUT2D eigenvalue weighted by atomic mass is 10.1. The molecule has 0 aliphatic heterocycles. The number of thiophene rings is 1. The highest BCUT2D eigenvalue weighted by Crippen LogP contribution is 2.35. The molecule has 0 saturated heterocycles. The third kappa shape index (κ3) is 2.63. The van der Waals surface area contributed by atoms with Gasteiger partial charge < -0.3 is 10.0 Å². The van der Waals surface area contributed by atoms with Crippen LogP contribution in [0.25, 0.3) is 10.1 Å². The Balaban J connectivity index is 2.00. The predicted molar refractivity (Wildman–Crippen MR) is 78.2 cm³/mol. The molecule has 1 fully saturated rings. The SMILES string of the molecule is Cc1c(C(=O)N(CC(=O)O)C2CC2)sc2cc(F)ccc12. The van der Waals surface area contributed by atoms with Crippen molar-refractivity contribution in [2.45, 2.75) is 25.8 Å². The lowest BCUT2D eigenvalue weighted by molar-refractivity contribution is -0.137. The van der Waals surface area contributed by atoms with Gasteiger partial charge in [-0.3, -0.25) is 9.59 Å². The number of amides is 1. The summed E-state index contributed by atoms with van der Waals surface area (Å²) in [4.78, 5) is 25.5. The molecule has 1 heterocycles. The van der Waals surface area contributed by atoms with Crippen molar-refractivity contribution in [3.8, 4) is 0 Å². The number of benzene rings is 1. The quantitative estimate of drug-likeness (QED) is 0.944. The van der Waals surface area contributed by atoms with Crippen molar-refractivity contribution in [1.29, 1.82) is 0 Å². The minimum atomic E-state index is -1.01. The molecule has 1 aromatic carbocycles. The Hall–Kier alpha value is -1.95. The van der Waals surface area contributed by atoms with Crippen molar-refractivity contribution in [3.05, 3.63) is 34.5 Å². The van der Waals surface area contributed by atoms with E-state index in [2.05, 4.69) is 0 Å². The summed E-state index contributed by atoms with van der Waals surface area (Å²) in [6.45, 7) is 1.53. The first kappa shape index (κ1) is 14.0. The van der Waals surface area contributed by atoms with Crippen LogP contribution >= 0.6 is 11.3 Å². The summed E-state index contributed by atoms with van der Waals surface area (Å²) >= 11 is 1.22. The van der Waals surface area contributed by atoms with Crippen LogP contribution in [0, 0.1) is 12.7 Å². The van der Waals surface area contributed by atoms with E-state index in [1.54, 1.807) is 6.07 Å². The van der Waals surface area contributed by atoms with Gasteiger partial charge in [-0.1, -0.05) is 6.07 Å². The van der Waals surface area contributed by atoms with Crippen molar-refractivity contribution in [1.82, 2.24) is 4.90 Å². The Morgan fingerprint density at radius 2 is 2.14 bits per heavy atom. The molecule has 6 heteroatoms. The second kappa shape index (κ2) is 5.11. The van der Waals surface area contributed by atoms with Gasteiger partial charge in [-0.05, 0) is 42.8 Å². The summed E-state index contributed by atoms with van der Waals surface area (Å²) in [6.07, 6.45) is 1.69. The van der Waals surface area contributed by atoms with E-state index in [-0.39, 0.29) is 24.3 Å². The molecule has 1 N–H and O–H groups in total. The third-order valence-electron chi connectivity index (χ3n) is 3.65. The maximum absolute atomic E-state index is 13.3. The molecule has 1 saturated carbocycles. The van der Waals surface area contributed by atoms with Crippen molar-refractivity contribution in [2.75, 3.05) is 6.54 Å². The largest absolute Gasteiger partial charge is 0.480 e. The summed E-state index contributed by atoms with van der Waals surface area (Å²) in [5.74, 6) is -1.62. The van der Waals surface area contributed by atoms with Gasteiger partial charge in [0.15, 0.2) is 0 Å². The molecule has 110 valence electrons. The minimum absolute atomic E-state index is 0.0231. The van der Waals surface area contributed by atoms with Crippen LogP contribution in [0.2, 0.25) is 0 Å². The van der Waals surface area contributed by atoms with Crippen molar-refractivity contribution < 1.29 is 19.1 Å². The van der Waals surface area contributed by atoms with Crippen LogP contribution in [0.1, 0.15) is 28.1 Å². The number of halogens is 1. The lowest BCUT2D eigenvalue weighted by Gasteiger charge is -2.19. The minimum Gasteiger partial charge on any atom is -0.480 e. The molecule has 0 bridgehead atoms. The van der Waals surface area contributed by atoms with Gasteiger partial charge in [-0.2, -0.15) is 0 Å². The van der Waals surface area contributed by atoms with Gasteiger partial charge in [0, 0.05) is 10.7 Å². The molecule has 1 amide bonds. The topological polar surface area (TPSA) is 57.6 Å². The fraction of sp³-hybridized carbons (Fsp3) is 0.333. The number of aryl methyl sites for hydroxylation is 1. The Kier molecular flexibility index (Phi) is 3.41. The average molecular weight is 307 g/mol. The van der Waals surface area contributed by atoms with Gasteiger partial charge in [0.05, 0.1) is 4.88 Å². The number of hydrogen-bond acceptors (Lipinski definition) is 3. The van der Waals surface area contributed by atoms with E-state index < -0.39 is 5.97 Å². The fourth-order valence-electron chi connectivity index (χ4n) is 2.43. The second-order valence-corrected chi connectivity index (χ2v) is 6.31. The highest BCUT2D eigenvalue weighted by Gasteiger charge is 2.35. The van der Waals surface area contributed by atoms with Crippen molar-refractivity contribution in [3.63, 3.8) is 0 Å². The summed E-state index contributed by atoms with van der Waals surface area (Å²) < 4.78 is 14.0. The molecule has 2 aromatic rings. The zero-order chi connectivity index (χ0) is 15.1. The fourth-order valence-corrected chi connectivity index (χ4v) is 3.62. The van der Waals surface area contributed by atoms with E-state index in [4.69, 9.17) is 5.11 Å². The number of hydrogen-bond donors (Lipinski definition) is 1. The first-order chi connectivity index (χ1) is 9.97. The van der Waals surface area contributed by atoms with Crippen LogP contribution in [0.3, 0.4) is 0 Å². The van der Waals surface area contributed by atoms with Gasteiger partial charge >= 0.3 is 5.97 Å². The number of carbonyl (C=O) groups is 2. The highest BCUT2D eigenvalue weighted by molar-refractivity contribution is 7.21. The maximum atomic E-state index is 13.3. The van der Waals surface area contributed by atoms with Crippen LogP contribution < -0.4 is 0 Å². The van der Waals surface area contributed by atoms with Crippen LogP contribution in [-0.2, 0) is 4.79 Å². The Bertz CT molecular complexity index is 736. The summed E-state index contributed by atoms with van der Waals surface area (Å²) in [7, 11) is 0. The molecule has 0 spiro atoms. The molecule has 21 heavy (non-hydrogen) atoms. The zero-order valence-electron chi connectivity index (χ0n) is 11.4. The second-order valence-electron chi connectivity index (χ2n) is 5.25.